The van der Waals surface area contributed by atoms with Crippen LogP contribution in [0.4, 0.5) is 0 Å². The number of carbonyl (C=O) groups excluding carboxylic acids is 1. The van der Waals surface area contributed by atoms with E-state index in [9.17, 15) is 13.2 Å². The van der Waals surface area contributed by atoms with Gasteiger partial charge in [-0.25, -0.2) is 17.2 Å². The summed E-state index contributed by atoms with van der Waals surface area (Å²) in [7, 11) is -2.45. The first kappa shape index (κ1) is 17.0. The molecule has 128 valence electrons. The second-order valence-electron chi connectivity index (χ2n) is 5.57. The molecule has 0 atom stereocenters. The highest BCUT2D eigenvalue weighted by atomic mass is 32.2. The Morgan fingerprint density at radius 3 is 2.44 bits per heavy atom. The number of rotatable bonds is 4. The van der Waals surface area contributed by atoms with Gasteiger partial charge in [-0.2, -0.15) is 0 Å². The molecule has 0 fully saturated rings. The maximum Gasteiger partial charge on any atom is 0.330 e. The van der Waals surface area contributed by atoms with Crippen LogP contribution in [0.2, 0.25) is 0 Å². The van der Waals surface area contributed by atoms with Crippen LogP contribution in [0.1, 0.15) is 11.1 Å². The van der Waals surface area contributed by atoms with Crippen LogP contribution in [0.25, 0.3) is 17.0 Å². The Bertz CT molecular complexity index is 1060. The molecule has 0 amide bonds. The fourth-order valence-electron chi connectivity index (χ4n) is 2.56. The maximum atomic E-state index is 13.0. The van der Waals surface area contributed by atoms with Gasteiger partial charge in [0.25, 0.3) is 10.0 Å². The lowest BCUT2D eigenvalue weighted by molar-refractivity contribution is -0.134. The summed E-state index contributed by atoms with van der Waals surface area (Å²) in [6.07, 6.45) is 4.33. The van der Waals surface area contributed by atoms with Gasteiger partial charge in [0.1, 0.15) is 0 Å². The lowest BCUT2D eigenvalue weighted by atomic mass is 10.1. The van der Waals surface area contributed by atoms with E-state index in [4.69, 9.17) is 0 Å². The Hall–Kier alpha value is -2.86. The van der Waals surface area contributed by atoms with Gasteiger partial charge in [-0.15, -0.1) is 0 Å². The third-order valence-corrected chi connectivity index (χ3v) is 5.57. The summed E-state index contributed by atoms with van der Waals surface area (Å²) in [6.45, 7) is 1.90. The van der Waals surface area contributed by atoms with Crippen molar-refractivity contribution in [3.63, 3.8) is 0 Å². The molecular weight excluding hydrogens is 338 g/mol. The first-order chi connectivity index (χ1) is 11.9. The van der Waals surface area contributed by atoms with Crippen molar-refractivity contribution in [2.75, 3.05) is 7.11 Å². The Labute approximate surface area is 146 Å². The zero-order chi connectivity index (χ0) is 18.0. The van der Waals surface area contributed by atoms with Crippen molar-refractivity contribution in [1.29, 1.82) is 0 Å². The van der Waals surface area contributed by atoms with Crippen LogP contribution in [0, 0.1) is 6.92 Å². The topological polar surface area (TPSA) is 65.4 Å². The highest BCUT2D eigenvalue weighted by Gasteiger charge is 2.20. The lowest BCUT2D eigenvalue weighted by Gasteiger charge is -2.07. The van der Waals surface area contributed by atoms with Gasteiger partial charge in [0.2, 0.25) is 0 Å². The molecule has 0 radical (unpaired) electrons. The minimum Gasteiger partial charge on any atom is -0.466 e. The summed E-state index contributed by atoms with van der Waals surface area (Å²) in [6, 6.07) is 13.8. The molecule has 6 heteroatoms. The Morgan fingerprint density at radius 2 is 1.76 bits per heavy atom. The van der Waals surface area contributed by atoms with Crippen LogP contribution in [-0.2, 0) is 19.6 Å². The molecule has 0 bridgehead atoms. The third kappa shape index (κ3) is 3.21. The van der Waals surface area contributed by atoms with Crippen LogP contribution >= 0.6 is 0 Å². The highest BCUT2D eigenvalue weighted by Crippen LogP contribution is 2.27. The van der Waals surface area contributed by atoms with Crippen LogP contribution in [-0.4, -0.2) is 25.5 Å². The summed E-state index contributed by atoms with van der Waals surface area (Å²) in [5.41, 5.74) is 2.15. The number of methoxy groups -OCH3 is 1. The number of nitrogens with zero attached hydrogens (tertiary/aromatic N) is 1. The van der Waals surface area contributed by atoms with Crippen molar-refractivity contribution in [3.05, 3.63) is 71.9 Å². The van der Waals surface area contributed by atoms with Gasteiger partial charge in [-0.1, -0.05) is 35.9 Å². The smallest absolute Gasteiger partial charge is 0.330 e. The zero-order valence-corrected chi connectivity index (χ0v) is 14.7. The van der Waals surface area contributed by atoms with Gasteiger partial charge in [-0.3, -0.25) is 0 Å². The summed E-state index contributed by atoms with van der Waals surface area (Å²) >= 11 is 0. The van der Waals surface area contributed by atoms with Gasteiger partial charge < -0.3 is 4.74 Å². The number of carbonyl (C=O) groups is 1. The van der Waals surface area contributed by atoms with E-state index in [0.717, 1.165) is 10.9 Å². The van der Waals surface area contributed by atoms with Crippen molar-refractivity contribution >= 4 is 33.0 Å². The molecule has 0 N–H and O–H groups in total. The van der Waals surface area contributed by atoms with E-state index in [1.54, 1.807) is 42.5 Å². The number of para-hydroxylation sites is 1. The van der Waals surface area contributed by atoms with E-state index >= 15 is 0 Å². The van der Waals surface area contributed by atoms with Crippen molar-refractivity contribution in [1.82, 2.24) is 3.97 Å². The Morgan fingerprint density at radius 1 is 1.08 bits per heavy atom. The number of aryl methyl sites for hydroxylation is 1. The Balaban J connectivity index is 2.18. The fraction of sp³-hybridized carbons (Fsp3) is 0.105. The van der Waals surface area contributed by atoms with E-state index in [2.05, 4.69) is 4.74 Å². The average molecular weight is 355 g/mol. The molecule has 0 unspecified atom stereocenters. The molecule has 0 aliphatic rings. The molecule has 0 spiro atoms. The number of hydrogen-bond acceptors (Lipinski definition) is 4. The molecule has 0 aliphatic carbocycles. The van der Waals surface area contributed by atoms with Crippen LogP contribution in [0.15, 0.2) is 65.7 Å². The molecule has 3 aromatic rings. The SMILES string of the molecule is COC(=O)/C=C/c1cn(S(=O)(=O)c2ccc(C)cc2)c2ccccc12. The predicted molar refractivity (Wildman–Crippen MR) is 96.8 cm³/mol. The summed E-state index contributed by atoms with van der Waals surface area (Å²) in [5.74, 6) is -0.502. The first-order valence-corrected chi connectivity index (χ1v) is 9.06. The number of ether oxygens (including phenoxy) is 1. The molecule has 0 saturated carbocycles. The molecule has 1 heterocycles. The quantitative estimate of drug-likeness (QED) is 0.532. The lowest BCUT2D eigenvalue weighted by Crippen LogP contribution is -2.11. The van der Waals surface area contributed by atoms with Crippen LogP contribution in [0.3, 0.4) is 0 Å². The standard InChI is InChI=1S/C19H17NO4S/c1-14-7-10-16(11-8-14)25(22,23)20-13-15(9-12-19(21)24-2)17-5-3-4-6-18(17)20/h3-13H,1-2H3/b12-9+. The molecule has 0 aliphatic heterocycles. The Kier molecular flexibility index (Phi) is 4.46. The number of benzene rings is 2. The third-order valence-electron chi connectivity index (χ3n) is 3.89. The minimum atomic E-state index is -3.74. The minimum absolute atomic E-state index is 0.211. The molecule has 25 heavy (non-hydrogen) atoms. The first-order valence-electron chi connectivity index (χ1n) is 7.62. The van der Waals surface area contributed by atoms with E-state index in [-0.39, 0.29) is 4.90 Å². The number of hydrogen-bond donors (Lipinski definition) is 0. The van der Waals surface area contributed by atoms with Gasteiger partial charge in [0.15, 0.2) is 0 Å². The molecule has 5 nitrogen and oxygen atoms in total. The largest absolute Gasteiger partial charge is 0.466 e. The van der Waals surface area contributed by atoms with E-state index in [1.807, 2.05) is 19.1 Å². The van der Waals surface area contributed by atoms with Crippen molar-refractivity contribution in [2.45, 2.75) is 11.8 Å². The van der Waals surface area contributed by atoms with Gasteiger partial charge >= 0.3 is 5.97 Å². The van der Waals surface area contributed by atoms with Gasteiger partial charge in [0, 0.05) is 23.2 Å². The molecule has 3 rings (SSSR count). The average Bonchev–Trinajstić information content (AvgIpc) is 2.99. The number of fused-ring (bicyclic) bond motifs is 1. The normalized spacial score (nSPS) is 11.9. The van der Waals surface area contributed by atoms with Crippen LogP contribution < -0.4 is 0 Å². The number of aromatic nitrogens is 1. The zero-order valence-electron chi connectivity index (χ0n) is 13.8. The van der Waals surface area contributed by atoms with Crippen LogP contribution in [0.5, 0.6) is 0 Å². The summed E-state index contributed by atoms with van der Waals surface area (Å²) in [5, 5.41) is 0.735. The molecule has 2 aromatic carbocycles. The second kappa shape index (κ2) is 6.57. The van der Waals surface area contributed by atoms with E-state index < -0.39 is 16.0 Å². The van der Waals surface area contributed by atoms with E-state index in [1.165, 1.54) is 23.4 Å². The number of esters is 1. The predicted octanol–water partition coefficient (Wildman–Crippen LogP) is 3.37. The fourth-order valence-corrected chi connectivity index (χ4v) is 3.93. The second-order valence-corrected chi connectivity index (χ2v) is 7.39. The molecule has 0 saturated heterocycles. The van der Waals surface area contributed by atoms with E-state index in [0.29, 0.717) is 11.1 Å². The monoisotopic (exact) mass is 355 g/mol. The summed E-state index contributed by atoms with van der Waals surface area (Å²) in [4.78, 5) is 11.6. The van der Waals surface area contributed by atoms with Crippen molar-refractivity contribution in [2.24, 2.45) is 0 Å². The van der Waals surface area contributed by atoms with Gasteiger partial charge in [0.05, 0.1) is 17.5 Å². The van der Waals surface area contributed by atoms with Crippen molar-refractivity contribution in [3.8, 4) is 0 Å². The molecular formula is C19H17NO4S. The van der Waals surface area contributed by atoms with Gasteiger partial charge in [-0.05, 0) is 31.2 Å². The molecule has 1 aromatic heterocycles. The highest BCUT2D eigenvalue weighted by molar-refractivity contribution is 7.90. The van der Waals surface area contributed by atoms with Crippen molar-refractivity contribution < 1.29 is 17.9 Å². The maximum absolute atomic E-state index is 13.0. The summed E-state index contributed by atoms with van der Waals surface area (Å²) < 4.78 is 31.9.